The molecule has 4 aliphatic rings. The smallest absolute Gasteiger partial charge is 0.414 e. The van der Waals surface area contributed by atoms with Gasteiger partial charge in [-0.2, -0.15) is 26.3 Å². The lowest BCUT2D eigenvalue weighted by molar-refractivity contribution is -0.165. The molecule has 4 fully saturated rings. The Morgan fingerprint density at radius 1 is 0.826 bits per heavy atom. The van der Waals surface area contributed by atoms with Crippen LogP contribution >= 0.6 is 0 Å². The summed E-state index contributed by atoms with van der Waals surface area (Å²) in [5, 5.41) is 0.176. The van der Waals surface area contributed by atoms with Crippen LogP contribution in [0.2, 0.25) is 37.8 Å². The van der Waals surface area contributed by atoms with Gasteiger partial charge in [-0.05, 0) is 121 Å². The van der Waals surface area contributed by atoms with E-state index in [4.69, 9.17) is 4.43 Å². The van der Waals surface area contributed by atoms with Crippen LogP contribution in [0.25, 0.3) is 0 Å². The Hall–Kier alpha value is -0.616. The highest BCUT2D eigenvalue weighted by atomic mass is 28.4. The molecule has 4 aliphatic carbocycles. The minimum absolute atomic E-state index is 0.0328. The van der Waals surface area contributed by atoms with E-state index in [1.807, 2.05) is 6.92 Å². The fraction of sp³-hybridized carbons (Fsp3) is 0.917. The van der Waals surface area contributed by atoms with Crippen LogP contribution in [0.5, 0.6) is 0 Å². The van der Waals surface area contributed by atoms with E-state index in [-0.39, 0.29) is 16.4 Å². The summed E-state index contributed by atoms with van der Waals surface area (Å²) in [7, 11) is -4.79. The topological polar surface area (TPSA) is 26.3 Å². The lowest BCUT2D eigenvalue weighted by atomic mass is 9.43. The van der Waals surface area contributed by atoms with Gasteiger partial charge >= 0.3 is 12.0 Å². The highest BCUT2D eigenvalue weighted by molar-refractivity contribution is 6.78. The summed E-state index contributed by atoms with van der Waals surface area (Å²) in [6, 6.07) is 0. The van der Waals surface area contributed by atoms with Gasteiger partial charge in [-0.1, -0.05) is 80.6 Å². The van der Waals surface area contributed by atoms with Gasteiger partial charge in [0.15, 0.2) is 16.4 Å². The first-order chi connectivity index (χ1) is 20.6. The summed E-state index contributed by atoms with van der Waals surface area (Å²) in [4.78, 5) is 11.5. The minimum Gasteiger partial charge on any atom is -0.414 e. The van der Waals surface area contributed by atoms with Crippen molar-refractivity contribution in [2.24, 2.45) is 52.3 Å². The Morgan fingerprint density at radius 2 is 1.35 bits per heavy atom. The number of alkyl halides is 6. The number of carbonyl (C=O) groups excluding carboxylic acids is 1. The van der Waals surface area contributed by atoms with Gasteiger partial charge in [0, 0.05) is 6.10 Å². The fourth-order valence-corrected chi connectivity index (χ4v) is 10.9. The van der Waals surface area contributed by atoms with Gasteiger partial charge in [-0.15, -0.1) is 0 Å². The first-order valence-electron chi connectivity index (χ1n) is 17.6. The number of allylic oxidation sites excluding steroid dienone is 2. The van der Waals surface area contributed by atoms with Crippen molar-refractivity contribution >= 4 is 22.2 Å². The Labute approximate surface area is 277 Å². The first kappa shape index (κ1) is 39.8. The molecule has 0 radical (unpaired) electrons. The monoisotopic (exact) mass is 696 g/mol. The minimum atomic E-state index is -4.79. The fourth-order valence-electron chi connectivity index (χ4n) is 9.53. The molecule has 0 spiro atoms. The summed E-state index contributed by atoms with van der Waals surface area (Å²) < 4.78 is 80.6. The van der Waals surface area contributed by atoms with Crippen molar-refractivity contribution in [1.29, 1.82) is 0 Å². The molecule has 46 heavy (non-hydrogen) atoms. The molecule has 0 saturated heterocycles. The average molecular weight is 697 g/mol. The molecule has 0 amide bonds. The Balaban J connectivity index is 0.000000637. The third-order valence-corrected chi connectivity index (χ3v) is 19.8. The third kappa shape index (κ3) is 8.05. The molecule has 3 unspecified atom stereocenters. The molecule has 10 heteroatoms. The van der Waals surface area contributed by atoms with Crippen molar-refractivity contribution in [3.8, 4) is 0 Å². The van der Waals surface area contributed by atoms with E-state index in [2.05, 4.69) is 54.6 Å². The molecule has 0 heterocycles. The zero-order valence-electron chi connectivity index (χ0n) is 30.5. The van der Waals surface area contributed by atoms with Gasteiger partial charge in [-0.3, -0.25) is 4.79 Å². The molecule has 0 aromatic carbocycles. The second-order valence-electron chi connectivity index (χ2n) is 18.6. The lowest BCUT2D eigenvalue weighted by Crippen LogP contribution is -2.60. The number of fused-ring (bicyclic) bond motifs is 5. The molecular weight excluding hydrogens is 635 g/mol. The zero-order chi connectivity index (χ0) is 35.5. The largest absolute Gasteiger partial charge is 0.454 e. The van der Waals surface area contributed by atoms with Crippen LogP contribution in [0.15, 0.2) is 12.2 Å². The lowest BCUT2D eigenvalue weighted by Gasteiger charge is -2.64. The molecule has 4 rings (SSSR count). The van der Waals surface area contributed by atoms with Crippen molar-refractivity contribution in [3.63, 3.8) is 0 Å². The number of hydrogen-bond acceptors (Lipinski definition) is 2. The third-order valence-electron chi connectivity index (χ3n) is 13.6. The molecular formula is C36H62F6O2Si2. The van der Waals surface area contributed by atoms with Crippen molar-refractivity contribution in [3.05, 3.63) is 12.2 Å². The van der Waals surface area contributed by atoms with E-state index in [1.54, 1.807) is 6.08 Å². The van der Waals surface area contributed by atoms with Gasteiger partial charge in [0.25, 0.3) is 5.78 Å². The predicted octanol–water partition coefficient (Wildman–Crippen LogP) is 12.0. The van der Waals surface area contributed by atoms with E-state index in [0.29, 0.717) is 41.1 Å². The predicted molar refractivity (Wildman–Crippen MR) is 181 cm³/mol. The van der Waals surface area contributed by atoms with E-state index >= 15 is 0 Å². The highest BCUT2D eigenvalue weighted by Crippen LogP contribution is 2.69. The second-order valence-corrected chi connectivity index (χ2v) is 28.4. The molecule has 0 N–H and O–H groups in total. The van der Waals surface area contributed by atoms with Crippen molar-refractivity contribution in [1.82, 2.24) is 0 Å². The number of rotatable bonds is 5. The highest BCUT2D eigenvalue weighted by Gasteiger charge is 2.63. The average Bonchev–Trinajstić information content (AvgIpc) is 3.23. The number of carbonyl (C=O) groups is 1. The van der Waals surface area contributed by atoms with Gasteiger partial charge in [0.05, 0.1) is 0 Å². The van der Waals surface area contributed by atoms with E-state index in [9.17, 15) is 31.1 Å². The second kappa shape index (κ2) is 13.3. The maximum Gasteiger partial charge on any atom is 0.454 e. The van der Waals surface area contributed by atoms with Crippen LogP contribution in [0, 0.1) is 52.3 Å². The zero-order valence-corrected chi connectivity index (χ0v) is 32.5. The molecule has 0 bridgehead atoms. The maximum absolute atomic E-state index is 12.8. The number of ketones is 1. The van der Waals surface area contributed by atoms with Crippen LogP contribution in [-0.2, 0) is 9.22 Å². The van der Waals surface area contributed by atoms with Crippen LogP contribution in [-0.4, -0.2) is 40.3 Å². The summed E-state index contributed by atoms with van der Waals surface area (Å²) in [5.41, 5.74) is 0.422. The van der Waals surface area contributed by atoms with Crippen LogP contribution in [0.4, 0.5) is 26.3 Å². The molecule has 0 aromatic rings. The standard InChI is InChI=1S/C32H53F3O2Si.C4H9F3Si/c1-20-14-16-31(7)25-15-17-30(6)23(21(2)10-13-28(36)32(33,34)35)11-12-24(30)22(25)19-27(26(31)18-20)37-38(8,9)29(3,4)5;1-8(2,3)4(5,6)7/h10,13,20-27H,11-12,14-19H2,1-9H3;1-3H3/b13-10+;/t20-,21-,22?,23-,24?,25?,26+,27+,30-,31-;/m1./s1. The first-order valence-corrected chi connectivity index (χ1v) is 24.0. The van der Waals surface area contributed by atoms with Gasteiger partial charge in [-0.25, -0.2) is 0 Å². The molecule has 268 valence electrons. The summed E-state index contributed by atoms with van der Waals surface area (Å²) in [5.74, 6) is -2.07. The van der Waals surface area contributed by atoms with Crippen molar-refractivity contribution in [2.75, 3.05) is 0 Å². The van der Waals surface area contributed by atoms with E-state index in [1.165, 1.54) is 45.3 Å². The summed E-state index contributed by atoms with van der Waals surface area (Å²) >= 11 is 0. The molecule has 0 aromatic heterocycles. The number of halogens is 6. The summed E-state index contributed by atoms with van der Waals surface area (Å²) in [6.07, 6.45) is 7.45. The Kier molecular flexibility index (Phi) is 11.5. The van der Waals surface area contributed by atoms with E-state index in [0.717, 1.165) is 37.7 Å². The van der Waals surface area contributed by atoms with Crippen molar-refractivity contribution in [2.45, 2.75) is 156 Å². The van der Waals surface area contributed by atoms with Crippen LogP contribution in [0.3, 0.4) is 0 Å². The maximum atomic E-state index is 12.8. The molecule has 10 atom stereocenters. The Bertz CT molecular complexity index is 1090. The van der Waals surface area contributed by atoms with Crippen molar-refractivity contribution < 1.29 is 35.6 Å². The van der Waals surface area contributed by atoms with Crippen LogP contribution in [0.1, 0.15) is 99.8 Å². The molecule has 2 nitrogen and oxygen atoms in total. The molecule has 0 aliphatic heterocycles. The normalized spacial score (nSPS) is 37.9. The number of hydrogen-bond donors (Lipinski definition) is 0. The summed E-state index contributed by atoms with van der Waals surface area (Å²) in [6.45, 7) is 25.1. The van der Waals surface area contributed by atoms with Gasteiger partial charge in [0.1, 0.15) is 0 Å². The van der Waals surface area contributed by atoms with E-state index < -0.39 is 34.2 Å². The molecule has 4 saturated carbocycles. The Morgan fingerprint density at radius 3 is 1.85 bits per heavy atom. The SMILES string of the molecule is C[C@@H]1CC[C@]2(C)C3CC[C@@]4(C)C(CC[C@@H]4[C@H](C)/C=C/C(=O)C(F)(F)F)C3C[C@H](O[Si](C)(C)C(C)(C)C)[C@@H]2C1.C[Si](C)(C)C(F)(F)F. The van der Waals surface area contributed by atoms with Gasteiger partial charge in [0.2, 0.25) is 0 Å². The van der Waals surface area contributed by atoms with Crippen LogP contribution < -0.4 is 0 Å². The quantitative estimate of drug-likeness (QED) is 0.162. The van der Waals surface area contributed by atoms with Gasteiger partial charge < -0.3 is 4.43 Å².